The number of sulfonamides is 1. The lowest BCUT2D eigenvalue weighted by atomic mass is 9.84. The molecule has 0 saturated carbocycles. The van der Waals surface area contributed by atoms with Crippen molar-refractivity contribution in [1.29, 1.82) is 0 Å². The van der Waals surface area contributed by atoms with Crippen LogP contribution in [0.25, 0.3) is 0 Å². The van der Waals surface area contributed by atoms with Gasteiger partial charge in [0.2, 0.25) is 15.9 Å². The summed E-state index contributed by atoms with van der Waals surface area (Å²) in [6, 6.07) is 18.4. The SMILES string of the molecule is CS(=O)(=O)N(CCN1[C@@H]2CC[C@H]1CC(c1cccc(C(N)=O)c1)C2)Cc1ccccc1.O=C(O)C(F)(F)F. The van der Waals surface area contributed by atoms with Crippen LogP contribution in [0.3, 0.4) is 0 Å². The average molecular weight is 556 g/mol. The van der Waals surface area contributed by atoms with Crippen molar-refractivity contribution in [2.75, 3.05) is 19.3 Å². The van der Waals surface area contributed by atoms with Crippen molar-refractivity contribution in [1.82, 2.24) is 9.21 Å². The van der Waals surface area contributed by atoms with Crippen molar-refractivity contribution in [3.05, 3.63) is 71.3 Å². The molecule has 8 nitrogen and oxygen atoms in total. The highest BCUT2D eigenvalue weighted by Gasteiger charge is 2.41. The fourth-order valence-electron chi connectivity index (χ4n) is 5.23. The predicted molar refractivity (Wildman–Crippen MR) is 136 cm³/mol. The highest BCUT2D eigenvalue weighted by atomic mass is 32.2. The van der Waals surface area contributed by atoms with Gasteiger partial charge in [0.05, 0.1) is 6.26 Å². The van der Waals surface area contributed by atoms with Crippen LogP contribution in [0.4, 0.5) is 13.2 Å². The molecule has 2 aliphatic rings. The van der Waals surface area contributed by atoms with Crippen LogP contribution in [0.1, 0.15) is 53.1 Å². The maximum absolute atomic E-state index is 12.4. The van der Waals surface area contributed by atoms with E-state index in [9.17, 15) is 26.4 Å². The number of carboxylic acids is 1. The molecular formula is C26H32F3N3O5S. The number of piperidine rings is 1. The van der Waals surface area contributed by atoms with Crippen LogP contribution in [0.5, 0.6) is 0 Å². The van der Waals surface area contributed by atoms with Crippen molar-refractivity contribution < 1.29 is 36.3 Å². The van der Waals surface area contributed by atoms with E-state index in [-0.39, 0.29) is 5.91 Å². The smallest absolute Gasteiger partial charge is 0.475 e. The Morgan fingerprint density at radius 3 is 2.13 bits per heavy atom. The molecule has 0 spiro atoms. The van der Waals surface area contributed by atoms with Gasteiger partial charge in [-0.25, -0.2) is 13.2 Å². The minimum atomic E-state index is -5.08. The van der Waals surface area contributed by atoms with Gasteiger partial charge in [0.25, 0.3) is 0 Å². The van der Waals surface area contributed by atoms with Gasteiger partial charge in [-0.1, -0.05) is 42.5 Å². The number of rotatable bonds is 8. The second-order valence-electron chi connectivity index (χ2n) is 9.67. The molecule has 2 aromatic rings. The van der Waals surface area contributed by atoms with E-state index in [1.54, 1.807) is 10.4 Å². The lowest BCUT2D eigenvalue weighted by Gasteiger charge is -2.40. The molecule has 3 N–H and O–H groups in total. The molecule has 1 amide bonds. The molecule has 0 radical (unpaired) electrons. The van der Waals surface area contributed by atoms with Gasteiger partial charge in [-0.05, 0) is 54.9 Å². The highest BCUT2D eigenvalue weighted by molar-refractivity contribution is 7.88. The summed E-state index contributed by atoms with van der Waals surface area (Å²) >= 11 is 0. The Morgan fingerprint density at radius 1 is 1.05 bits per heavy atom. The quantitative estimate of drug-likeness (QED) is 0.514. The van der Waals surface area contributed by atoms with Gasteiger partial charge in [-0.15, -0.1) is 0 Å². The number of alkyl halides is 3. The van der Waals surface area contributed by atoms with E-state index < -0.39 is 22.2 Å². The molecule has 2 aromatic carbocycles. The Balaban J connectivity index is 0.000000505. The number of carboxylic acid groups (broad SMARTS) is 1. The number of carbonyl (C=O) groups excluding carboxylic acids is 1. The number of carbonyl (C=O) groups is 2. The molecule has 2 saturated heterocycles. The van der Waals surface area contributed by atoms with Gasteiger partial charge in [0.15, 0.2) is 0 Å². The molecule has 2 aliphatic heterocycles. The summed E-state index contributed by atoms with van der Waals surface area (Å²) in [5.41, 5.74) is 8.22. The fourth-order valence-corrected chi connectivity index (χ4v) is 6.03. The molecule has 0 aliphatic carbocycles. The number of aliphatic carboxylic acids is 1. The molecule has 4 rings (SSSR count). The fraction of sp³-hybridized carbons (Fsp3) is 0.462. The van der Waals surface area contributed by atoms with Gasteiger partial charge < -0.3 is 10.8 Å². The van der Waals surface area contributed by atoms with Gasteiger partial charge in [-0.2, -0.15) is 17.5 Å². The first-order valence-corrected chi connectivity index (χ1v) is 14.0. The van der Waals surface area contributed by atoms with Crippen LogP contribution in [0.2, 0.25) is 0 Å². The summed E-state index contributed by atoms with van der Waals surface area (Å²) in [5.74, 6) is -2.72. The van der Waals surface area contributed by atoms with Crippen molar-refractivity contribution in [3.8, 4) is 0 Å². The Morgan fingerprint density at radius 2 is 1.63 bits per heavy atom. The Hall–Kier alpha value is -2.96. The summed E-state index contributed by atoms with van der Waals surface area (Å²) in [5, 5.41) is 7.12. The number of benzene rings is 2. The monoisotopic (exact) mass is 555 g/mol. The summed E-state index contributed by atoms with van der Waals surface area (Å²) in [6.45, 7) is 1.66. The van der Waals surface area contributed by atoms with E-state index in [0.717, 1.165) is 37.8 Å². The molecule has 3 atom stereocenters. The zero-order valence-electron chi connectivity index (χ0n) is 21.0. The van der Waals surface area contributed by atoms with Crippen LogP contribution in [-0.4, -0.2) is 72.2 Å². The first-order valence-electron chi connectivity index (χ1n) is 12.2. The molecule has 0 aromatic heterocycles. The molecule has 38 heavy (non-hydrogen) atoms. The molecule has 2 bridgehead atoms. The standard InChI is InChI=1S/C24H31N3O3S.C2HF3O2/c1-31(29,30)26(17-18-6-3-2-4-7-18)12-13-27-22-10-11-23(27)16-21(15-22)19-8-5-9-20(14-19)24(25)28;3-2(4,5)1(6)7/h2-9,14,21-23H,10-13,15-17H2,1H3,(H2,25,28);(H,6,7)/t21?,22-,23+;. The number of halogens is 3. The lowest BCUT2D eigenvalue weighted by Crippen LogP contribution is -2.46. The van der Waals surface area contributed by atoms with E-state index >= 15 is 0 Å². The lowest BCUT2D eigenvalue weighted by molar-refractivity contribution is -0.192. The second-order valence-corrected chi connectivity index (χ2v) is 11.6. The first kappa shape index (κ1) is 29.6. The van der Waals surface area contributed by atoms with Gasteiger partial charge >= 0.3 is 12.1 Å². The largest absolute Gasteiger partial charge is 0.490 e. The Labute approximate surface area is 220 Å². The molecule has 2 heterocycles. The van der Waals surface area contributed by atoms with Crippen LogP contribution in [0.15, 0.2) is 54.6 Å². The van der Waals surface area contributed by atoms with Crippen LogP contribution < -0.4 is 5.73 Å². The van der Waals surface area contributed by atoms with E-state index in [4.69, 9.17) is 15.6 Å². The average Bonchev–Trinajstić information content (AvgIpc) is 3.08. The zero-order chi connectivity index (χ0) is 28.1. The third kappa shape index (κ3) is 8.02. The van der Waals surface area contributed by atoms with Crippen molar-refractivity contribution in [2.45, 2.75) is 56.4 Å². The third-order valence-corrected chi connectivity index (χ3v) is 8.30. The number of nitrogens with zero attached hydrogens (tertiary/aromatic N) is 2. The summed E-state index contributed by atoms with van der Waals surface area (Å²) < 4.78 is 58.1. The van der Waals surface area contributed by atoms with Crippen molar-refractivity contribution >= 4 is 21.9 Å². The third-order valence-electron chi connectivity index (χ3n) is 7.05. The predicted octanol–water partition coefficient (Wildman–Crippen LogP) is 3.59. The second kappa shape index (κ2) is 12.3. The van der Waals surface area contributed by atoms with Gasteiger partial charge in [0.1, 0.15) is 0 Å². The number of primary amides is 1. The van der Waals surface area contributed by atoms with Crippen molar-refractivity contribution in [3.63, 3.8) is 0 Å². The molecule has 12 heteroatoms. The summed E-state index contributed by atoms with van der Waals surface area (Å²) in [6.07, 6.45) is 0.581. The van der Waals surface area contributed by atoms with Gasteiger partial charge in [0, 0.05) is 37.3 Å². The van der Waals surface area contributed by atoms with Crippen molar-refractivity contribution in [2.24, 2.45) is 5.73 Å². The summed E-state index contributed by atoms with van der Waals surface area (Å²) in [4.78, 5) is 23.0. The summed E-state index contributed by atoms with van der Waals surface area (Å²) in [7, 11) is -3.28. The Kier molecular flexibility index (Phi) is 9.55. The van der Waals surface area contributed by atoms with E-state index in [0.29, 0.717) is 36.7 Å². The molecular weight excluding hydrogens is 523 g/mol. The molecule has 2 fully saturated rings. The van der Waals surface area contributed by atoms with Crippen LogP contribution in [0, 0.1) is 0 Å². The van der Waals surface area contributed by atoms with Crippen LogP contribution in [-0.2, 0) is 21.4 Å². The van der Waals surface area contributed by atoms with E-state index in [2.05, 4.69) is 11.0 Å². The topological polar surface area (TPSA) is 121 Å². The zero-order valence-corrected chi connectivity index (χ0v) is 21.8. The Bertz CT molecular complexity index is 1210. The highest BCUT2D eigenvalue weighted by Crippen LogP contribution is 2.43. The minimum absolute atomic E-state index is 0.387. The molecule has 1 unspecified atom stereocenters. The number of amides is 1. The maximum atomic E-state index is 12.4. The first-order chi connectivity index (χ1) is 17.8. The number of hydrogen-bond donors (Lipinski definition) is 2. The number of nitrogens with two attached hydrogens (primary N) is 1. The number of fused-ring (bicyclic) bond motifs is 2. The normalized spacial score (nSPS) is 21.6. The van der Waals surface area contributed by atoms with E-state index in [1.807, 2.05) is 42.5 Å². The molecule has 208 valence electrons. The number of hydrogen-bond acceptors (Lipinski definition) is 5. The van der Waals surface area contributed by atoms with Crippen LogP contribution >= 0.6 is 0 Å². The van der Waals surface area contributed by atoms with E-state index in [1.165, 1.54) is 11.8 Å². The van der Waals surface area contributed by atoms with Gasteiger partial charge in [-0.3, -0.25) is 9.69 Å². The minimum Gasteiger partial charge on any atom is -0.475 e. The maximum Gasteiger partial charge on any atom is 0.490 e.